The zero-order valence-corrected chi connectivity index (χ0v) is 12.8. The lowest BCUT2D eigenvalue weighted by molar-refractivity contribution is 0.566. The molecule has 0 radical (unpaired) electrons. The van der Waals surface area contributed by atoms with Gasteiger partial charge in [0.1, 0.15) is 5.82 Å². The van der Waals surface area contributed by atoms with Crippen molar-refractivity contribution in [2.75, 3.05) is 0 Å². The van der Waals surface area contributed by atoms with Crippen molar-refractivity contribution in [1.82, 2.24) is 4.72 Å². The quantitative estimate of drug-likeness (QED) is 0.920. The fraction of sp³-hybridized carbons (Fsp3) is 0.250. The number of halogens is 1. The molecule has 1 N–H and O–H groups in total. The number of aryl methyl sites for hydroxylation is 1. The Labute approximate surface area is 124 Å². The van der Waals surface area contributed by atoms with Crippen molar-refractivity contribution in [1.29, 1.82) is 0 Å². The molecule has 0 saturated carbocycles. The smallest absolute Gasteiger partial charge is 0.207 e. The Morgan fingerprint density at radius 1 is 1.05 bits per heavy atom. The van der Waals surface area contributed by atoms with Crippen LogP contribution in [-0.4, -0.2) is 8.42 Å². The van der Waals surface area contributed by atoms with Crippen LogP contribution in [0.4, 0.5) is 4.39 Å². The number of benzene rings is 2. The zero-order valence-electron chi connectivity index (χ0n) is 12.0. The van der Waals surface area contributed by atoms with Crippen LogP contribution in [0.3, 0.4) is 0 Å². The Morgan fingerprint density at radius 2 is 1.62 bits per heavy atom. The summed E-state index contributed by atoms with van der Waals surface area (Å²) < 4.78 is 39.9. The maximum atomic E-state index is 12.9. The van der Waals surface area contributed by atoms with Crippen molar-refractivity contribution in [3.63, 3.8) is 0 Å². The summed E-state index contributed by atoms with van der Waals surface area (Å²) in [4.78, 5) is 0.0564. The first kappa shape index (κ1) is 15.7. The molecule has 0 heterocycles. The molecule has 2 aromatic rings. The average molecular weight is 307 g/mol. The third-order valence-electron chi connectivity index (χ3n) is 3.34. The molecular weight excluding hydrogens is 289 g/mol. The Morgan fingerprint density at radius 3 is 2.14 bits per heavy atom. The minimum absolute atomic E-state index is 0.0564. The van der Waals surface area contributed by atoms with Gasteiger partial charge in [-0.05, 0) is 48.7 Å². The third-order valence-corrected chi connectivity index (χ3v) is 4.90. The average Bonchev–Trinajstić information content (AvgIpc) is 2.47. The van der Waals surface area contributed by atoms with E-state index in [0.717, 1.165) is 24.1 Å². The molecule has 21 heavy (non-hydrogen) atoms. The molecule has 0 aromatic heterocycles. The molecule has 0 amide bonds. The van der Waals surface area contributed by atoms with Crippen LogP contribution in [0.1, 0.15) is 31.0 Å². The van der Waals surface area contributed by atoms with Gasteiger partial charge in [0.2, 0.25) is 10.0 Å². The molecule has 0 aliphatic heterocycles. The van der Waals surface area contributed by atoms with Crippen LogP contribution in [0.25, 0.3) is 0 Å². The van der Waals surface area contributed by atoms with E-state index >= 15 is 0 Å². The van der Waals surface area contributed by atoms with Crippen molar-refractivity contribution < 1.29 is 12.8 Å². The number of sulfonamides is 1. The van der Waals surface area contributed by atoms with Gasteiger partial charge >= 0.3 is 0 Å². The monoisotopic (exact) mass is 307 g/mol. The van der Waals surface area contributed by atoms with Gasteiger partial charge in [0.05, 0.1) is 4.90 Å². The highest BCUT2D eigenvalue weighted by Crippen LogP contribution is 2.18. The van der Waals surface area contributed by atoms with Gasteiger partial charge in [-0.2, -0.15) is 0 Å². The van der Waals surface area contributed by atoms with E-state index in [-0.39, 0.29) is 10.9 Å². The number of hydrogen-bond donors (Lipinski definition) is 1. The van der Waals surface area contributed by atoms with Crippen LogP contribution in [0.5, 0.6) is 0 Å². The number of nitrogens with one attached hydrogen (secondary N) is 1. The van der Waals surface area contributed by atoms with Crippen molar-refractivity contribution in [2.24, 2.45) is 0 Å². The van der Waals surface area contributed by atoms with Crippen LogP contribution < -0.4 is 4.72 Å². The van der Waals surface area contributed by atoms with E-state index in [4.69, 9.17) is 0 Å². The van der Waals surface area contributed by atoms with Gasteiger partial charge in [-0.3, -0.25) is 0 Å². The van der Waals surface area contributed by atoms with E-state index in [1.54, 1.807) is 6.92 Å². The van der Waals surface area contributed by atoms with Crippen molar-refractivity contribution in [3.8, 4) is 0 Å². The number of hydrogen-bond acceptors (Lipinski definition) is 2. The lowest BCUT2D eigenvalue weighted by Crippen LogP contribution is -2.26. The van der Waals surface area contributed by atoms with Crippen molar-refractivity contribution in [2.45, 2.75) is 31.2 Å². The Bertz CT molecular complexity index is 694. The first-order valence-electron chi connectivity index (χ1n) is 6.79. The van der Waals surface area contributed by atoms with Crippen LogP contribution in [-0.2, 0) is 16.4 Å². The predicted molar refractivity (Wildman–Crippen MR) is 81.0 cm³/mol. The molecule has 5 heteroatoms. The van der Waals surface area contributed by atoms with Gasteiger partial charge in [0.15, 0.2) is 0 Å². The first-order valence-corrected chi connectivity index (χ1v) is 8.27. The Balaban J connectivity index is 2.17. The van der Waals surface area contributed by atoms with E-state index in [2.05, 4.69) is 11.6 Å². The normalized spacial score (nSPS) is 13.1. The van der Waals surface area contributed by atoms with Gasteiger partial charge in [-0.15, -0.1) is 0 Å². The van der Waals surface area contributed by atoms with Crippen LogP contribution in [0, 0.1) is 5.82 Å². The summed E-state index contributed by atoms with van der Waals surface area (Å²) in [5.41, 5.74) is 2.09. The molecule has 0 fully saturated rings. The maximum Gasteiger partial charge on any atom is 0.241 e. The molecule has 0 spiro atoms. The second kappa shape index (κ2) is 6.37. The van der Waals surface area contributed by atoms with Gasteiger partial charge in [0.25, 0.3) is 0 Å². The van der Waals surface area contributed by atoms with E-state index < -0.39 is 15.8 Å². The fourth-order valence-corrected chi connectivity index (χ4v) is 3.26. The molecule has 3 nitrogen and oxygen atoms in total. The summed E-state index contributed by atoms with van der Waals surface area (Å²) in [6.07, 6.45) is 0.940. The van der Waals surface area contributed by atoms with Crippen molar-refractivity contribution >= 4 is 10.0 Å². The molecular formula is C16H18FNO2S. The molecule has 0 aliphatic rings. The van der Waals surface area contributed by atoms with Gasteiger partial charge in [0, 0.05) is 6.04 Å². The topological polar surface area (TPSA) is 46.2 Å². The van der Waals surface area contributed by atoms with Gasteiger partial charge in [-0.25, -0.2) is 17.5 Å². The highest BCUT2D eigenvalue weighted by atomic mass is 32.2. The van der Waals surface area contributed by atoms with E-state index in [0.29, 0.717) is 0 Å². The van der Waals surface area contributed by atoms with Gasteiger partial charge < -0.3 is 0 Å². The maximum absolute atomic E-state index is 12.9. The Kier molecular flexibility index (Phi) is 4.75. The van der Waals surface area contributed by atoms with E-state index in [1.807, 2.05) is 24.3 Å². The minimum Gasteiger partial charge on any atom is -0.207 e. The van der Waals surface area contributed by atoms with E-state index in [1.165, 1.54) is 17.7 Å². The van der Waals surface area contributed by atoms with Crippen LogP contribution in [0.2, 0.25) is 0 Å². The first-order chi connectivity index (χ1) is 9.92. The second-order valence-corrected chi connectivity index (χ2v) is 6.61. The summed E-state index contributed by atoms with van der Waals surface area (Å²) >= 11 is 0. The molecule has 2 rings (SSSR count). The summed E-state index contributed by atoms with van der Waals surface area (Å²) in [5, 5.41) is 0. The summed E-state index contributed by atoms with van der Waals surface area (Å²) in [7, 11) is -3.66. The highest BCUT2D eigenvalue weighted by Gasteiger charge is 2.18. The molecule has 1 atom stereocenters. The largest absolute Gasteiger partial charge is 0.241 e. The molecule has 0 bridgehead atoms. The van der Waals surface area contributed by atoms with Gasteiger partial charge in [-0.1, -0.05) is 31.2 Å². The molecule has 0 saturated heterocycles. The van der Waals surface area contributed by atoms with Crippen molar-refractivity contribution in [3.05, 3.63) is 65.5 Å². The highest BCUT2D eigenvalue weighted by molar-refractivity contribution is 7.89. The Hall–Kier alpha value is -1.72. The minimum atomic E-state index is -3.66. The molecule has 112 valence electrons. The van der Waals surface area contributed by atoms with Crippen LogP contribution >= 0.6 is 0 Å². The lowest BCUT2D eigenvalue weighted by Gasteiger charge is -2.15. The molecule has 1 unspecified atom stereocenters. The SMILES string of the molecule is CCc1ccc(C(C)NS(=O)(=O)c2ccc(F)cc2)cc1. The third kappa shape index (κ3) is 3.89. The summed E-state index contributed by atoms with van der Waals surface area (Å²) in [6.45, 7) is 3.84. The predicted octanol–water partition coefficient (Wildman–Crippen LogP) is 3.43. The van der Waals surface area contributed by atoms with Crippen LogP contribution in [0.15, 0.2) is 53.4 Å². The summed E-state index contributed by atoms with van der Waals surface area (Å²) in [5.74, 6) is -0.461. The lowest BCUT2D eigenvalue weighted by atomic mass is 10.1. The second-order valence-electron chi connectivity index (χ2n) is 4.89. The summed E-state index contributed by atoms with van der Waals surface area (Å²) in [6, 6.07) is 12.2. The molecule has 0 aliphatic carbocycles. The number of rotatable bonds is 5. The standard InChI is InChI=1S/C16H18FNO2S/c1-3-13-4-6-14(7-5-13)12(2)18-21(19,20)16-10-8-15(17)9-11-16/h4-12,18H,3H2,1-2H3. The fourth-order valence-electron chi connectivity index (χ4n) is 2.02. The molecule has 2 aromatic carbocycles. The van der Waals surface area contributed by atoms with E-state index in [9.17, 15) is 12.8 Å². The zero-order chi connectivity index (χ0) is 15.5.